The molecule has 2 fully saturated rings. The number of ether oxygens (including phenoxy) is 2. The van der Waals surface area contributed by atoms with Crippen LogP contribution in [0.1, 0.15) is 37.7 Å². The maximum Gasteiger partial charge on any atom is 0.308 e. The summed E-state index contributed by atoms with van der Waals surface area (Å²) in [7, 11) is 1.44. The lowest BCUT2D eigenvalue weighted by Crippen LogP contribution is -2.44. The number of carbonyl (C=O) groups is 1. The van der Waals surface area contributed by atoms with Gasteiger partial charge in [-0.1, -0.05) is 30.3 Å². The Bertz CT molecular complexity index is 494. The number of benzene rings is 1. The zero-order valence-corrected chi connectivity index (χ0v) is 13.3. The first-order valence-electron chi connectivity index (χ1n) is 8.20. The van der Waals surface area contributed by atoms with Gasteiger partial charge in [0.2, 0.25) is 0 Å². The number of hydrogen-bond donors (Lipinski definition) is 0. The lowest BCUT2D eigenvalue weighted by atomic mass is 9.88. The van der Waals surface area contributed by atoms with Crippen LogP contribution in [0.5, 0.6) is 0 Å². The first kappa shape index (κ1) is 15.5. The molecule has 0 aliphatic carbocycles. The van der Waals surface area contributed by atoms with Crippen molar-refractivity contribution in [1.82, 2.24) is 4.90 Å². The van der Waals surface area contributed by atoms with Crippen molar-refractivity contribution in [1.29, 1.82) is 0 Å². The fourth-order valence-corrected chi connectivity index (χ4v) is 3.64. The van der Waals surface area contributed by atoms with Gasteiger partial charge in [0, 0.05) is 19.6 Å². The van der Waals surface area contributed by atoms with Gasteiger partial charge in [0.1, 0.15) is 0 Å². The summed E-state index contributed by atoms with van der Waals surface area (Å²) in [6.45, 7) is 3.15. The summed E-state index contributed by atoms with van der Waals surface area (Å²) in [5.41, 5.74) is 1.38. The van der Waals surface area contributed by atoms with E-state index in [1.54, 1.807) is 0 Å². The Morgan fingerprint density at radius 1 is 1.27 bits per heavy atom. The van der Waals surface area contributed by atoms with Gasteiger partial charge in [0.15, 0.2) is 0 Å². The average Bonchev–Trinajstić information content (AvgIpc) is 2.93. The highest BCUT2D eigenvalue weighted by atomic mass is 16.5. The van der Waals surface area contributed by atoms with Crippen LogP contribution < -0.4 is 0 Å². The van der Waals surface area contributed by atoms with Crippen LogP contribution in [0.15, 0.2) is 30.3 Å². The summed E-state index contributed by atoms with van der Waals surface area (Å²) >= 11 is 0. The number of likely N-dealkylation sites (tertiary alicyclic amines) is 1. The molecule has 0 bridgehead atoms. The van der Waals surface area contributed by atoms with E-state index >= 15 is 0 Å². The summed E-state index contributed by atoms with van der Waals surface area (Å²) in [4.78, 5) is 13.9. The third kappa shape index (κ3) is 3.68. The minimum absolute atomic E-state index is 0.00583. The minimum Gasteiger partial charge on any atom is -0.469 e. The quantitative estimate of drug-likeness (QED) is 0.802. The summed E-state index contributed by atoms with van der Waals surface area (Å²) < 4.78 is 11.0. The van der Waals surface area contributed by atoms with Crippen molar-refractivity contribution in [2.45, 2.75) is 50.4 Å². The first-order chi connectivity index (χ1) is 10.7. The van der Waals surface area contributed by atoms with Crippen LogP contribution in [-0.4, -0.2) is 42.8 Å². The van der Waals surface area contributed by atoms with Gasteiger partial charge in [-0.25, -0.2) is 0 Å². The molecule has 2 aliphatic heterocycles. The third-order valence-corrected chi connectivity index (χ3v) is 4.98. The molecule has 0 radical (unpaired) electrons. The smallest absolute Gasteiger partial charge is 0.308 e. The van der Waals surface area contributed by atoms with Gasteiger partial charge in [-0.05, 0) is 31.2 Å². The van der Waals surface area contributed by atoms with E-state index in [1.807, 2.05) is 0 Å². The normalized spacial score (nSPS) is 24.5. The van der Waals surface area contributed by atoms with Gasteiger partial charge in [-0.2, -0.15) is 0 Å². The van der Waals surface area contributed by atoms with E-state index in [1.165, 1.54) is 12.7 Å². The average molecular weight is 303 g/mol. The van der Waals surface area contributed by atoms with E-state index in [-0.39, 0.29) is 17.7 Å². The highest BCUT2D eigenvalue weighted by molar-refractivity contribution is 5.69. The lowest BCUT2D eigenvalue weighted by molar-refractivity contribution is -0.146. The molecule has 0 amide bonds. The van der Waals surface area contributed by atoms with Crippen molar-refractivity contribution in [2.24, 2.45) is 0 Å². The Morgan fingerprint density at radius 2 is 2.00 bits per heavy atom. The van der Waals surface area contributed by atoms with Crippen molar-refractivity contribution >= 4 is 5.97 Å². The standard InChI is InChI=1S/C18H25NO3/c1-21-17(20)13-16-7-8-18(22-16)9-11-19(12-10-18)14-15-5-3-2-4-6-15/h2-6,16H,7-14H2,1H3/t16-/m1/s1. The van der Waals surface area contributed by atoms with E-state index in [4.69, 9.17) is 9.47 Å². The molecule has 1 spiro atoms. The van der Waals surface area contributed by atoms with Crippen molar-refractivity contribution in [3.8, 4) is 0 Å². The van der Waals surface area contributed by atoms with Gasteiger partial charge in [0.05, 0.1) is 25.2 Å². The summed E-state index contributed by atoms with van der Waals surface area (Å²) in [6, 6.07) is 10.6. The number of piperidine rings is 1. The van der Waals surface area contributed by atoms with Crippen LogP contribution in [-0.2, 0) is 20.8 Å². The number of rotatable bonds is 4. The second kappa shape index (κ2) is 6.80. The molecule has 4 heteroatoms. The van der Waals surface area contributed by atoms with Crippen molar-refractivity contribution < 1.29 is 14.3 Å². The molecule has 0 saturated carbocycles. The Labute approximate surface area is 132 Å². The zero-order valence-electron chi connectivity index (χ0n) is 13.3. The van der Waals surface area contributed by atoms with E-state index < -0.39 is 0 Å². The molecule has 1 aromatic rings. The molecular formula is C18H25NO3. The predicted octanol–water partition coefficient (Wildman–Crippen LogP) is 2.76. The fourth-order valence-electron chi connectivity index (χ4n) is 3.64. The van der Waals surface area contributed by atoms with E-state index in [9.17, 15) is 4.79 Å². The Hall–Kier alpha value is -1.39. The SMILES string of the molecule is COC(=O)C[C@H]1CCC2(CCN(Cc3ccccc3)CC2)O1. The molecule has 0 unspecified atom stereocenters. The first-order valence-corrected chi connectivity index (χ1v) is 8.20. The van der Waals surface area contributed by atoms with Crippen LogP contribution in [0.25, 0.3) is 0 Å². The second-order valence-corrected chi connectivity index (χ2v) is 6.50. The van der Waals surface area contributed by atoms with Gasteiger partial charge in [-0.3, -0.25) is 9.69 Å². The van der Waals surface area contributed by atoms with Crippen molar-refractivity contribution in [2.75, 3.05) is 20.2 Å². The number of hydrogen-bond acceptors (Lipinski definition) is 4. The van der Waals surface area contributed by atoms with Crippen LogP contribution >= 0.6 is 0 Å². The molecule has 0 aromatic heterocycles. The number of esters is 1. The zero-order chi connectivity index (χ0) is 15.4. The Kier molecular flexibility index (Phi) is 4.79. The summed E-state index contributed by atoms with van der Waals surface area (Å²) in [6.07, 6.45) is 4.64. The molecule has 2 aliphatic rings. The minimum atomic E-state index is -0.163. The number of methoxy groups -OCH3 is 1. The molecule has 4 nitrogen and oxygen atoms in total. The number of carbonyl (C=O) groups excluding carboxylic acids is 1. The summed E-state index contributed by atoms with van der Waals surface area (Å²) in [5, 5.41) is 0. The highest BCUT2D eigenvalue weighted by Crippen LogP contribution is 2.40. The highest BCUT2D eigenvalue weighted by Gasteiger charge is 2.42. The van der Waals surface area contributed by atoms with E-state index in [0.717, 1.165) is 45.3 Å². The predicted molar refractivity (Wildman–Crippen MR) is 84.4 cm³/mol. The maximum atomic E-state index is 11.4. The molecule has 0 N–H and O–H groups in total. The summed E-state index contributed by atoms with van der Waals surface area (Å²) in [5.74, 6) is -0.163. The van der Waals surface area contributed by atoms with Crippen molar-refractivity contribution in [3.05, 3.63) is 35.9 Å². The molecule has 2 saturated heterocycles. The lowest BCUT2D eigenvalue weighted by Gasteiger charge is -2.39. The van der Waals surface area contributed by atoms with Crippen molar-refractivity contribution in [3.63, 3.8) is 0 Å². The molecule has 120 valence electrons. The fraction of sp³-hybridized carbons (Fsp3) is 0.611. The van der Waals surface area contributed by atoms with Gasteiger partial charge < -0.3 is 9.47 Å². The van der Waals surface area contributed by atoms with Crippen LogP contribution in [0.4, 0.5) is 0 Å². The van der Waals surface area contributed by atoms with Crippen LogP contribution in [0, 0.1) is 0 Å². The molecular weight excluding hydrogens is 278 g/mol. The third-order valence-electron chi connectivity index (χ3n) is 4.98. The van der Waals surface area contributed by atoms with Crippen LogP contribution in [0.2, 0.25) is 0 Å². The molecule has 1 aromatic carbocycles. The van der Waals surface area contributed by atoms with Gasteiger partial charge in [-0.15, -0.1) is 0 Å². The molecule has 1 atom stereocenters. The van der Waals surface area contributed by atoms with E-state index in [2.05, 4.69) is 35.2 Å². The molecule has 2 heterocycles. The maximum absolute atomic E-state index is 11.4. The van der Waals surface area contributed by atoms with E-state index in [0.29, 0.717) is 6.42 Å². The Morgan fingerprint density at radius 3 is 2.68 bits per heavy atom. The van der Waals surface area contributed by atoms with Gasteiger partial charge >= 0.3 is 5.97 Å². The Balaban J connectivity index is 1.48. The number of nitrogens with zero attached hydrogens (tertiary/aromatic N) is 1. The second-order valence-electron chi connectivity index (χ2n) is 6.50. The largest absolute Gasteiger partial charge is 0.469 e. The monoisotopic (exact) mass is 303 g/mol. The molecule has 3 rings (SSSR count). The van der Waals surface area contributed by atoms with Crippen LogP contribution in [0.3, 0.4) is 0 Å². The topological polar surface area (TPSA) is 38.8 Å². The molecule has 22 heavy (non-hydrogen) atoms. The van der Waals surface area contributed by atoms with Gasteiger partial charge in [0.25, 0.3) is 0 Å².